The summed E-state index contributed by atoms with van der Waals surface area (Å²) in [6.45, 7) is 4.94. The van der Waals surface area contributed by atoms with Crippen molar-refractivity contribution in [3.05, 3.63) is 4.88 Å². The van der Waals surface area contributed by atoms with Crippen LogP contribution in [0.3, 0.4) is 0 Å². The first kappa shape index (κ1) is 13.8. The Morgan fingerprint density at radius 1 is 1.47 bits per heavy atom. The van der Waals surface area contributed by atoms with Gasteiger partial charge in [0.25, 0.3) is 5.91 Å². The number of hydrogen-bond donors (Lipinski definition) is 3. The molecular formula is C11H20N4OS. The summed E-state index contributed by atoms with van der Waals surface area (Å²) in [5.41, 5.74) is 5.69. The number of nitrogens with one attached hydrogen (secondary N) is 2. The number of carbonyl (C=O) groups is 1. The lowest BCUT2D eigenvalue weighted by molar-refractivity contribution is 0.0951. The van der Waals surface area contributed by atoms with Crippen LogP contribution in [0.15, 0.2) is 0 Å². The fourth-order valence-corrected chi connectivity index (χ4v) is 2.25. The molecule has 17 heavy (non-hydrogen) atoms. The van der Waals surface area contributed by atoms with E-state index >= 15 is 0 Å². The normalized spacial score (nSPS) is 10.6. The predicted octanol–water partition coefficient (Wildman–Crippen LogP) is 1.93. The van der Waals surface area contributed by atoms with E-state index in [2.05, 4.69) is 29.5 Å². The van der Waals surface area contributed by atoms with Gasteiger partial charge in [-0.1, -0.05) is 38.0 Å². The van der Waals surface area contributed by atoms with E-state index in [1.807, 2.05) is 0 Å². The molecule has 0 aliphatic carbocycles. The van der Waals surface area contributed by atoms with Crippen LogP contribution in [0.1, 0.15) is 36.4 Å². The van der Waals surface area contributed by atoms with Crippen molar-refractivity contribution < 1.29 is 4.79 Å². The van der Waals surface area contributed by atoms with Crippen molar-refractivity contribution in [2.24, 2.45) is 5.92 Å². The van der Waals surface area contributed by atoms with Gasteiger partial charge in [-0.25, -0.2) is 4.98 Å². The van der Waals surface area contributed by atoms with Gasteiger partial charge < -0.3 is 16.4 Å². The van der Waals surface area contributed by atoms with E-state index < -0.39 is 0 Å². The highest BCUT2D eigenvalue weighted by Crippen LogP contribution is 2.24. The number of carbonyl (C=O) groups excluding carboxylic acids is 1. The monoisotopic (exact) mass is 256 g/mol. The Balaban J connectivity index is 2.60. The molecule has 0 aliphatic rings. The van der Waals surface area contributed by atoms with Crippen molar-refractivity contribution in [1.29, 1.82) is 0 Å². The fraction of sp³-hybridized carbons (Fsp3) is 0.636. The van der Waals surface area contributed by atoms with Crippen LogP contribution in [0.4, 0.5) is 10.9 Å². The molecule has 96 valence electrons. The van der Waals surface area contributed by atoms with Crippen LogP contribution >= 0.6 is 11.3 Å². The maximum atomic E-state index is 11.9. The summed E-state index contributed by atoms with van der Waals surface area (Å²) >= 11 is 1.28. The van der Waals surface area contributed by atoms with Crippen molar-refractivity contribution >= 4 is 28.2 Å². The lowest BCUT2D eigenvalue weighted by Crippen LogP contribution is -2.28. The van der Waals surface area contributed by atoms with Crippen molar-refractivity contribution in [1.82, 2.24) is 10.3 Å². The molecule has 1 amide bonds. The van der Waals surface area contributed by atoms with E-state index in [0.29, 0.717) is 28.3 Å². The Kier molecular flexibility index (Phi) is 5.21. The van der Waals surface area contributed by atoms with Crippen LogP contribution in [-0.2, 0) is 0 Å². The van der Waals surface area contributed by atoms with Crippen molar-refractivity contribution in [3.8, 4) is 0 Å². The third-order valence-electron chi connectivity index (χ3n) is 2.78. The molecule has 1 rings (SSSR count). The van der Waals surface area contributed by atoms with Gasteiger partial charge >= 0.3 is 0 Å². The van der Waals surface area contributed by atoms with Gasteiger partial charge in [0.1, 0.15) is 10.7 Å². The number of aromatic nitrogens is 1. The first-order valence-corrected chi connectivity index (χ1v) is 6.66. The van der Waals surface area contributed by atoms with Gasteiger partial charge in [-0.2, -0.15) is 0 Å². The average molecular weight is 256 g/mol. The molecule has 1 heterocycles. The van der Waals surface area contributed by atoms with Gasteiger partial charge in [0.2, 0.25) is 0 Å². The molecule has 5 nitrogen and oxygen atoms in total. The minimum atomic E-state index is -0.131. The topological polar surface area (TPSA) is 80.0 Å². The van der Waals surface area contributed by atoms with Crippen molar-refractivity contribution in [3.63, 3.8) is 0 Å². The van der Waals surface area contributed by atoms with Crippen molar-refractivity contribution in [2.45, 2.75) is 26.7 Å². The molecule has 1 aromatic rings. The van der Waals surface area contributed by atoms with E-state index in [0.717, 1.165) is 12.8 Å². The minimum absolute atomic E-state index is 0.131. The SMILES string of the molecule is CCC(CC)CNC(=O)c1sc(NC)nc1N. The largest absolute Gasteiger partial charge is 0.382 e. The third kappa shape index (κ3) is 3.59. The Bertz CT molecular complexity index is 374. The maximum absolute atomic E-state index is 11.9. The van der Waals surface area contributed by atoms with Crippen LogP contribution < -0.4 is 16.4 Å². The Morgan fingerprint density at radius 3 is 2.59 bits per heavy atom. The number of nitrogens with two attached hydrogens (primary N) is 1. The van der Waals surface area contributed by atoms with Gasteiger partial charge in [0.05, 0.1) is 0 Å². The first-order chi connectivity index (χ1) is 8.12. The zero-order chi connectivity index (χ0) is 12.8. The molecule has 0 aliphatic heterocycles. The quantitative estimate of drug-likeness (QED) is 0.726. The molecule has 0 atom stereocenters. The molecule has 4 N–H and O–H groups in total. The summed E-state index contributed by atoms with van der Waals surface area (Å²) in [5, 5.41) is 6.44. The second-order valence-electron chi connectivity index (χ2n) is 3.88. The molecule has 0 aromatic carbocycles. The molecule has 0 unspecified atom stereocenters. The molecule has 0 saturated carbocycles. The summed E-state index contributed by atoms with van der Waals surface area (Å²) in [6.07, 6.45) is 2.13. The predicted molar refractivity (Wildman–Crippen MR) is 72.5 cm³/mol. The third-order valence-corrected chi connectivity index (χ3v) is 3.87. The zero-order valence-corrected chi connectivity index (χ0v) is 11.4. The Hall–Kier alpha value is -1.30. The number of hydrogen-bond acceptors (Lipinski definition) is 5. The Labute approximate surface area is 106 Å². The molecule has 0 bridgehead atoms. The van der Waals surface area contributed by atoms with Crippen LogP contribution in [0, 0.1) is 5.92 Å². The van der Waals surface area contributed by atoms with Crippen LogP contribution in [0.2, 0.25) is 0 Å². The number of nitrogen functional groups attached to an aromatic ring is 1. The van der Waals surface area contributed by atoms with E-state index in [1.165, 1.54) is 11.3 Å². The van der Waals surface area contributed by atoms with Crippen LogP contribution in [0.5, 0.6) is 0 Å². The number of thiazole rings is 1. The summed E-state index contributed by atoms with van der Waals surface area (Å²) < 4.78 is 0. The highest BCUT2D eigenvalue weighted by Gasteiger charge is 2.16. The highest BCUT2D eigenvalue weighted by molar-refractivity contribution is 7.18. The van der Waals surface area contributed by atoms with E-state index in [-0.39, 0.29) is 5.91 Å². The fourth-order valence-electron chi connectivity index (χ4n) is 1.50. The minimum Gasteiger partial charge on any atom is -0.382 e. The van der Waals surface area contributed by atoms with Crippen LogP contribution in [0.25, 0.3) is 0 Å². The molecule has 0 spiro atoms. The lowest BCUT2D eigenvalue weighted by Gasteiger charge is -2.12. The smallest absolute Gasteiger partial charge is 0.265 e. The number of amides is 1. The van der Waals surface area contributed by atoms with Gasteiger partial charge in [0.15, 0.2) is 5.13 Å². The maximum Gasteiger partial charge on any atom is 0.265 e. The van der Waals surface area contributed by atoms with Gasteiger partial charge in [-0.3, -0.25) is 4.79 Å². The molecule has 1 aromatic heterocycles. The van der Waals surface area contributed by atoms with Crippen molar-refractivity contribution in [2.75, 3.05) is 24.6 Å². The molecule has 0 radical (unpaired) electrons. The molecule has 0 fully saturated rings. The van der Waals surface area contributed by atoms with Crippen LogP contribution in [-0.4, -0.2) is 24.5 Å². The number of rotatable bonds is 6. The summed E-state index contributed by atoms with van der Waals surface area (Å²) in [5.74, 6) is 0.687. The summed E-state index contributed by atoms with van der Waals surface area (Å²) in [4.78, 5) is 16.4. The zero-order valence-electron chi connectivity index (χ0n) is 10.5. The number of nitrogens with zero attached hydrogens (tertiary/aromatic N) is 1. The summed E-state index contributed by atoms with van der Waals surface area (Å²) in [7, 11) is 1.75. The van der Waals surface area contributed by atoms with Gasteiger partial charge in [-0.05, 0) is 5.92 Å². The molecule has 6 heteroatoms. The van der Waals surface area contributed by atoms with Gasteiger partial charge in [0, 0.05) is 13.6 Å². The van der Waals surface area contributed by atoms with E-state index in [9.17, 15) is 4.79 Å². The Morgan fingerprint density at radius 2 is 2.12 bits per heavy atom. The second-order valence-corrected chi connectivity index (χ2v) is 4.88. The molecular weight excluding hydrogens is 236 g/mol. The second kappa shape index (κ2) is 6.44. The summed E-state index contributed by atoms with van der Waals surface area (Å²) in [6, 6.07) is 0. The standard InChI is InChI=1S/C11H20N4OS/c1-4-7(5-2)6-14-10(16)8-9(12)15-11(13-3)17-8/h7H,4-6,12H2,1-3H3,(H,13,15)(H,14,16). The number of anilines is 2. The van der Waals surface area contributed by atoms with E-state index in [1.54, 1.807) is 7.05 Å². The van der Waals surface area contributed by atoms with E-state index in [4.69, 9.17) is 5.73 Å². The highest BCUT2D eigenvalue weighted by atomic mass is 32.1. The first-order valence-electron chi connectivity index (χ1n) is 5.84. The van der Waals surface area contributed by atoms with Gasteiger partial charge in [-0.15, -0.1) is 0 Å². The lowest BCUT2D eigenvalue weighted by atomic mass is 10.0. The average Bonchev–Trinajstić information content (AvgIpc) is 2.71. The molecule has 0 saturated heterocycles.